The molecule has 16 heavy (non-hydrogen) atoms. The molecule has 0 atom stereocenters. The first-order valence-electron chi connectivity index (χ1n) is 4.28. The smallest absolute Gasteiger partial charge is 0.340 e. The van der Waals surface area contributed by atoms with Crippen LogP contribution < -0.4 is 0 Å². The van der Waals surface area contributed by atoms with Crippen molar-refractivity contribution >= 4 is 51.2 Å². The fourth-order valence-corrected chi connectivity index (χ4v) is 3.05. The van der Waals surface area contributed by atoms with Crippen LogP contribution in [0.4, 0.5) is 8.78 Å². The van der Waals surface area contributed by atoms with E-state index in [1.165, 1.54) is 6.20 Å². The van der Waals surface area contributed by atoms with Crippen LogP contribution in [-0.2, 0) is 4.74 Å². The number of aromatic nitrogens is 1. The lowest BCUT2D eigenvalue weighted by Gasteiger charge is -2.09. The molecule has 0 saturated heterocycles. The van der Waals surface area contributed by atoms with Gasteiger partial charge in [0.15, 0.2) is 0 Å². The number of halogens is 4. The van der Waals surface area contributed by atoms with Gasteiger partial charge in [-0.3, -0.25) is 4.98 Å². The summed E-state index contributed by atoms with van der Waals surface area (Å²) in [4.78, 5) is 15.2. The molecular formula is C9H7F2I2NO2. The lowest BCUT2D eigenvalue weighted by atomic mass is 10.2. The van der Waals surface area contributed by atoms with Gasteiger partial charge in [0, 0.05) is 9.77 Å². The van der Waals surface area contributed by atoms with E-state index in [0.717, 1.165) is 0 Å². The minimum absolute atomic E-state index is 0.151. The Morgan fingerprint density at radius 3 is 2.69 bits per heavy atom. The van der Waals surface area contributed by atoms with E-state index in [4.69, 9.17) is 4.74 Å². The molecular weight excluding hydrogens is 446 g/mol. The minimum atomic E-state index is -2.70. The van der Waals surface area contributed by atoms with Gasteiger partial charge in [-0.25, -0.2) is 13.6 Å². The Morgan fingerprint density at radius 1 is 1.56 bits per heavy atom. The molecule has 0 saturated carbocycles. The van der Waals surface area contributed by atoms with Gasteiger partial charge < -0.3 is 4.74 Å². The highest BCUT2D eigenvalue weighted by Crippen LogP contribution is 2.28. The molecule has 0 spiro atoms. The van der Waals surface area contributed by atoms with Crippen molar-refractivity contribution in [2.45, 2.75) is 13.3 Å². The van der Waals surface area contributed by atoms with Gasteiger partial charge in [0.1, 0.15) is 5.69 Å². The van der Waals surface area contributed by atoms with Crippen molar-refractivity contribution in [2.75, 3.05) is 6.61 Å². The zero-order chi connectivity index (χ0) is 12.3. The van der Waals surface area contributed by atoms with Gasteiger partial charge in [-0.05, 0) is 52.1 Å². The number of hydrogen-bond acceptors (Lipinski definition) is 3. The molecule has 0 aliphatic heterocycles. The van der Waals surface area contributed by atoms with Crippen molar-refractivity contribution in [2.24, 2.45) is 0 Å². The summed E-state index contributed by atoms with van der Waals surface area (Å²) in [7, 11) is 0. The molecule has 0 N–H and O–H groups in total. The number of pyridine rings is 1. The van der Waals surface area contributed by atoms with Gasteiger partial charge in [0.2, 0.25) is 0 Å². The Morgan fingerprint density at radius 2 is 2.19 bits per heavy atom. The molecule has 0 bridgehead atoms. The Bertz CT molecular complexity index is 413. The normalized spacial score (nSPS) is 10.6. The van der Waals surface area contributed by atoms with Gasteiger partial charge in [-0.1, -0.05) is 0 Å². The summed E-state index contributed by atoms with van der Waals surface area (Å²) < 4.78 is 30.6. The third-order valence-electron chi connectivity index (χ3n) is 1.69. The molecule has 0 unspecified atom stereocenters. The minimum Gasteiger partial charge on any atom is -0.462 e. The Balaban J connectivity index is 3.26. The first-order chi connectivity index (χ1) is 7.49. The summed E-state index contributed by atoms with van der Waals surface area (Å²) in [6, 6.07) is 0. The first-order valence-corrected chi connectivity index (χ1v) is 6.44. The number of ether oxygens (including phenoxy) is 1. The molecule has 0 radical (unpaired) electrons. The van der Waals surface area contributed by atoms with Crippen molar-refractivity contribution < 1.29 is 18.3 Å². The van der Waals surface area contributed by atoms with Crippen molar-refractivity contribution in [3.05, 3.63) is 24.6 Å². The van der Waals surface area contributed by atoms with Crippen molar-refractivity contribution in [3.8, 4) is 0 Å². The number of hydrogen-bond donors (Lipinski definition) is 0. The van der Waals surface area contributed by atoms with Crippen LogP contribution in [-0.4, -0.2) is 17.6 Å². The summed E-state index contributed by atoms with van der Waals surface area (Å²) in [5, 5.41) is 0. The third kappa shape index (κ3) is 2.99. The largest absolute Gasteiger partial charge is 0.462 e. The number of alkyl halides is 2. The maximum atomic E-state index is 12.6. The molecule has 0 aliphatic carbocycles. The van der Waals surface area contributed by atoms with E-state index in [1.54, 1.807) is 29.5 Å². The van der Waals surface area contributed by atoms with Crippen molar-refractivity contribution in [1.82, 2.24) is 4.98 Å². The Labute approximate surface area is 118 Å². The summed E-state index contributed by atoms with van der Waals surface area (Å²) in [5.74, 6) is -0.597. The van der Waals surface area contributed by atoms with E-state index in [2.05, 4.69) is 4.98 Å². The molecule has 0 amide bonds. The maximum absolute atomic E-state index is 12.6. The van der Waals surface area contributed by atoms with Crippen LogP contribution in [0.25, 0.3) is 0 Å². The van der Waals surface area contributed by atoms with E-state index in [0.29, 0.717) is 3.57 Å². The predicted molar refractivity (Wildman–Crippen MR) is 70.6 cm³/mol. The average Bonchev–Trinajstić information content (AvgIpc) is 2.17. The number of carbonyl (C=O) groups excluding carboxylic acids is 1. The second-order valence-electron chi connectivity index (χ2n) is 2.70. The standard InChI is InChI=1S/C9H7F2I2NO2/c1-2-16-9(15)5-4(12)3-14-7(6(5)13)8(10)11/h3,8H,2H2,1H3. The topological polar surface area (TPSA) is 39.2 Å². The molecule has 1 aromatic heterocycles. The predicted octanol–water partition coefficient (Wildman–Crippen LogP) is 3.41. The zero-order valence-corrected chi connectivity index (χ0v) is 12.5. The number of esters is 1. The maximum Gasteiger partial charge on any atom is 0.340 e. The molecule has 88 valence electrons. The van der Waals surface area contributed by atoms with Crippen LogP contribution in [0.5, 0.6) is 0 Å². The van der Waals surface area contributed by atoms with Crippen LogP contribution in [0.3, 0.4) is 0 Å². The van der Waals surface area contributed by atoms with Crippen LogP contribution in [0.2, 0.25) is 0 Å². The zero-order valence-electron chi connectivity index (χ0n) is 8.14. The van der Waals surface area contributed by atoms with Crippen molar-refractivity contribution in [1.29, 1.82) is 0 Å². The van der Waals surface area contributed by atoms with Gasteiger partial charge in [-0.2, -0.15) is 0 Å². The van der Waals surface area contributed by atoms with E-state index in [1.807, 2.05) is 22.6 Å². The second-order valence-corrected chi connectivity index (χ2v) is 4.94. The highest BCUT2D eigenvalue weighted by Gasteiger charge is 2.23. The molecule has 7 heteroatoms. The fraction of sp³-hybridized carbons (Fsp3) is 0.333. The first kappa shape index (κ1) is 14.0. The number of carbonyl (C=O) groups is 1. The molecule has 1 heterocycles. The molecule has 1 rings (SSSR count). The molecule has 1 aromatic rings. The molecule has 0 aromatic carbocycles. The summed E-state index contributed by atoms with van der Waals surface area (Å²) in [5.41, 5.74) is -0.225. The fourth-order valence-electron chi connectivity index (χ4n) is 1.02. The van der Waals surface area contributed by atoms with Crippen LogP contribution in [0.15, 0.2) is 6.20 Å². The number of rotatable bonds is 3. The van der Waals surface area contributed by atoms with E-state index < -0.39 is 12.4 Å². The van der Waals surface area contributed by atoms with Crippen LogP contribution >= 0.6 is 45.2 Å². The monoisotopic (exact) mass is 453 g/mol. The van der Waals surface area contributed by atoms with Gasteiger partial charge >= 0.3 is 5.97 Å². The highest BCUT2D eigenvalue weighted by molar-refractivity contribution is 14.1. The average molecular weight is 453 g/mol. The van der Waals surface area contributed by atoms with E-state index in [9.17, 15) is 13.6 Å². The van der Waals surface area contributed by atoms with E-state index >= 15 is 0 Å². The number of nitrogens with zero attached hydrogens (tertiary/aromatic N) is 1. The lowest BCUT2D eigenvalue weighted by molar-refractivity contribution is 0.0523. The summed E-state index contributed by atoms with van der Waals surface area (Å²) in [6.45, 7) is 1.87. The van der Waals surface area contributed by atoms with Gasteiger partial charge in [-0.15, -0.1) is 0 Å². The highest BCUT2D eigenvalue weighted by atomic mass is 127. The van der Waals surface area contributed by atoms with E-state index in [-0.39, 0.29) is 21.4 Å². The Kier molecular flexibility index (Phi) is 5.28. The van der Waals surface area contributed by atoms with Crippen LogP contribution in [0.1, 0.15) is 29.4 Å². The molecule has 0 aliphatic rings. The lowest BCUT2D eigenvalue weighted by Crippen LogP contribution is -2.12. The molecule has 0 fully saturated rings. The molecule has 3 nitrogen and oxygen atoms in total. The Hall–Kier alpha value is -0.0600. The van der Waals surface area contributed by atoms with Gasteiger partial charge in [0.05, 0.1) is 15.7 Å². The SMILES string of the molecule is CCOC(=O)c1c(I)cnc(C(F)F)c1I. The van der Waals surface area contributed by atoms with Crippen molar-refractivity contribution in [3.63, 3.8) is 0 Å². The summed E-state index contributed by atoms with van der Waals surface area (Å²) in [6.07, 6.45) is -1.45. The third-order valence-corrected chi connectivity index (χ3v) is 3.60. The summed E-state index contributed by atoms with van der Waals surface area (Å²) >= 11 is 3.56. The van der Waals surface area contributed by atoms with Gasteiger partial charge in [0.25, 0.3) is 6.43 Å². The quantitative estimate of drug-likeness (QED) is 0.521. The second kappa shape index (κ2) is 6.03. The van der Waals surface area contributed by atoms with Crippen LogP contribution in [0, 0.1) is 7.14 Å².